The molecular weight excluding hydrogens is 364 g/mol. The molecule has 0 unspecified atom stereocenters. The quantitative estimate of drug-likeness (QED) is 0.678. The summed E-state index contributed by atoms with van der Waals surface area (Å²) in [7, 11) is 0. The van der Waals surface area contributed by atoms with Crippen LogP contribution in [0, 0.1) is 6.92 Å². The summed E-state index contributed by atoms with van der Waals surface area (Å²) in [5.74, 6) is 0.492. The lowest BCUT2D eigenvalue weighted by Crippen LogP contribution is -2.18. The second-order valence-corrected chi connectivity index (χ2v) is 6.75. The van der Waals surface area contributed by atoms with Crippen LogP contribution in [0.1, 0.15) is 46.6 Å². The molecule has 0 amide bonds. The number of ether oxygens (including phenoxy) is 1. The predicted octanol–water partition coefficient (Wildman–Crippen LogP) is 3.74. The Labute approximate surface area is 164 Å². The molecule has 6 heteroatoms. The second kappa shape index (κ2) is 7.71. The number of carbonyl (C=O) groups is 1. The minimum Gasteiger partial charge on any atom is -0.490 e. The first-order chi connectivity index (χ1) is 12.6. The third-order valence-corrected chi connectivity index (χ3v) is 5.11. The minimum atomic E-state index is -0.519. The topological polar surface area (TPSA) is 63.8 Å². The summed E-state index contributed by atoms with van der Waals surface area (Å²) in [5, 5.41) is 10.5. The molecule has 4 rings (SSSR count). The van der Waals surface area contributed by atoms with Gasteiger partial charge >= 0.3 is 0 Å². The summed E-state index contributed by atoms with van der Waals surface area (Å²) in [6.07, 6.45) is 2.19. The number of hydrogen-bond acceptors (Lipinski definition) is 4. The molecule has 0 bridgehead atoms. The van der Waals surface area contributed by atoms with Gasteiger partial charge in [0.25, 0.3) is 0 Å². The van der Waals surface area contributed by atoms with Gasteiger partial charge in [-0.3, -0.25) is 9.20 Å². The Morgan fingerprint density at radius 3 is 2.85 bits per heavy atom. The average Bonchev–Trinajstić information content (AvgIpc) is 3.12. The van der Waals surface area contributed by atoms with Crippen molar-refractivity contribution in [3.63, 3.8) is 0 Å². The van der Waals surface area contributed by atoms with Gasteiger partial charge < -0.3 is 9.84 Å². The van der Waals surface area contributed by atoms with E-state index in [-0.39, 0.29) is 30.5 Å². The van der Waals surface area contributed by atoms with Crippen LogP contribution in [0.25, 0.3) is 5.65 Å². The average molecular weight is 387 g/mol. The van der Waals surface area contributed by atoms with Gasteiger partial charge in [-0.25, -0.2) is 4.98 Å². The van der Waals surface area contributed by atoms with Crippen LogP contribution in [0.2, 0.25) is 0 Å². The number of ketones is 1. The molecule has 1 aliphatic carbocycles. The first-order valence-corrected chi connectivity index (χ1v) is 8.99. The number of fused-ring (bicyclic) bond motifs is 2. The van der Waals surface area contributed by atoms with Crippen LogP contribution >= 0.6 is 12.4 Å². The first kappa shape index (κ1) is 19.4. The van der Waals surface area contributed by atoms with Crippen LogP contribution in [0.3, 0.4) is 0 Å². The fourth-order valence-corrected chi connectivity index (χ4v) is 3.96. The summed E-state index contributed by atoms with van der Waals surface area (Å²) in [5.41, 5.74) is 4.12. The summed E-state index contributed by atoms with van der Waals surface area (Å²) < 4.78 is 7.43. The van der Waals surface area contributed by atoms with E-state index in [2.05, 4.69) is 4.98 Å². The van der Waals surface area contributed by atoms with E-state index in [0.717, 1.165) is 11.1 Å². The largest absolute Gasteiger partial charge is 0.490 e. The van der Waals surface area contributed by atoms with Crippen molar-refractivity contribution < 1.29 is 14.6 Å². The monoisotopic (exact) mass is 386 g/mol. The van der Waals surface area contributed by atoms with Crippen molar-refractivity contribution in [2.45, 2.75) is 38.7 Å². The van der Waals surface area contributed by atoms with Crippen molar-refractivity contribution in [1.29, 1.82) is 0 Å². The molecule has 0 saturated carbocycles. The molecule has 142 valence electrons. The van der Waals surface area contributed by atoms with Crippen LogP contribution in [0.5, 0.6) is 5.75 Å². The Balaban J connectivity index is 0.00000210. The second-order valence-electron chi connectivity index (χ2n) is 6.75. The molecule has 2 aromatic heterocycles. The van der Waals surface area contributed by atoms with Crippen molar-refractivity contribution in [3.05, 3.63) is 65.1 Å². The highest BCUT2D eigenvalue weighted by molar-refractivity contribution is 5.97. The van der Waals surface area contributed by atoms with E-state index in [1.807, 2.05) is 56.4 Å². The molecule has 2 heterocycles. The molecule has 0 aliphatic heterocycles. The van der Waals surface area contributed by atoms with Gasteiger partial charge in [-0.2, -0.15) is 0 Å². The zero-order valence-electron chi connectivity index (χ0n) is 15.4. The van der Waals surface area contributed by atoms with Gasteiger partial charge in [0, 0.05) is 18.5 Å². The van der Waals surface area contributed by atoms with Gasteiger partial charge in [-0.15, -0.1) is 12.4 Å². The molecule has 1 aliphatic rings. The number of pyridine rings is 1. The van der Waals surface area contributed by atoms with Crippen LogP contribution in [0.15, 0.2) is 42.6 Å². The van der Waals surface area contributed by atoms with E-state index in [0.29, 0.717) is 35.8 Å². The maximum atomic E-state index is 13.1. The summed E-state index contributed by atoms with van der Waals surface area (Å²) in [4.78, 5) is 17.7. The number of aliphatic hydroxyl groups is 1. The highest BCUT2D eigenvalue weighted by atomic mass is 35.5. The zero-order chi connectivity index (χ0) is 18.3. The van der Waals surface area contributed by atoms with Gasteiger partial charge in [-0.05, 0) is 43.5 Å². The minimum absolute atomic E-state index is 0. The number of aryl methyl sites for hydroxylation is 1. The Bertz CT molecular complexity index is 983. The molecule has 0 fully saturated rings. The summed E-state index contributed by atoms with van der Waals surface area (Å²) >= 11 is 0. The fraction of sp³-hybridized carbons (Fsp3) is 0.333. The number of benzene rings is 1. The Kier molecular flexibility index (Phi) is 5.53. The third kappa shape index (κ3) is 3.33. The van der Waals surface area contributed by atoms with Crippen molar-refractivity contribution in [1.82, 2.24) is 9.38 Å². The molecule has 3 aromatic rings. The van der Waals surface area contributed by atoms with Crippen LogP contribution in [-0.2, 0) is 6.42 Å². The molecule has 0 spiro atoms. The van der Waals surface area contributed by atoms with E-state index in [9.17, 15) is 9.90 Å². The van der Waals surface area contributed by atoms with Crippen molar-refractivity contribution in [2.75, 3.05) is 6.61 Å². The maximum absolute atomic E-state index is 13.1. The van der Waals surface area contributed by atoms with E-state index in [1.54, 1.807) is 4.40 Å². The number of halogens is 1. The first-order valence-electron chi connectivity index (χ1n) is 8.99. The Hall–Kier alpha value is -2.37. The zero-order valence-corrected chi connectivity index (χ0v) is 16.2. The van der Waals surface area contributed by atoms with Gasteiger partial charge in [0.2, 0.25) is 0 Å². The number of aliphatic hydroxyl groups excluding tert-OH is 1. The standard InChI is InChI=1S/C21H22N2O3.ClH/c1-3-26-19-9-6-10-23-20(13(2)22-21(19)23)18(25)12-16-15-8-5-4-7-14(15)11-17(16)24;/h4-10,16-17,24H,3,11-12H2,1-2H3;1H/t16-,17-;/m0./s1. The summed E-state index contributed by atoms with van der Waals surface area (Å²) in [6.45, 7) is 4.30. The Morgan fingerprint density at radius 1 is 1.30 bits per heavy atom. The SMILES string of the molecule is CCOc1cccn2c(C(=O)C[C@H]3c4ccccc4C[C@@H]3O)c(C)nc12.Cl. The van der Waals surface area contributed by atoms with Crippen LogP contribution in [-0.4, -0.2) is 33.0 Å². The number of Topliss-reactive ketones (excluding diaryl/α,β-unsaturated/α-hetero) is 1. The fourth-order valence-electron chi connectivity index (χ4n) is 3.96. The predicted molar refractivity (Wildman–Crippen MR) is 106 cm³/mol. The van der Waals surface area contributed by atoms with E-state index < -0.39 is 6.10 Å². The van der Waals surface area contributed by atoms with Crippen molar-refractivity contribution in [3.8, 4) is 5.75 Å². The van der Waals surface area contributed by atoms with Gasteiger partial charge in [0.1, 0.15) is 5.69 Å². The lowest BCUT2D eigenvalue weighted by molar-refractivity contribution is 0.0915. The van der Waals surface area contributed by atoms with E-state index in [4.69, 9.17) is 4.74 Å². The number of aromatic nitrogens is 2. The molecule has 27 heavy (non-hydrogen) atoms. The number of carbonyl (C=O) groups excluding carboxylic acids is 1. The van der Waals surface area contributed by atoms with Crippen LogP contribution in [0.4, 0.5) is 0 Å². The normalized spacial score (nSPS) is 18.2. The summed E-state index contributed by atoms with van der Waals surface area (Å²) in [6, 6.07) is 11.7. The number of imidazole rings is 1. The molecule has 0 radical (unpaired) electrons. The number of rotatable bonds is 5. The molecule has 1 aromatic carbocycles. The molecule has 0 saturated heterocycles. The molecule has 1 N–H and O–H groups in total. The van der Waals surface area contributed by atoms with Crippen molar-refractivity contribution in [2.24, 2.45) is 0 Å². The number of nitrogens with zero attached hydrogens (tertiary/aromatic N) is 2. The van der Waals surface area contributed by atoms with Gasteiger partial charge in [0.15, 0.2) is 17.2 Å². The highest BCUT2D eigenvalue weighted by Gasteiger charge is 2.33. The highest BCUT2D eigenvalue weighted by Crippen LogP contribution is 2.37. The lowest BCUT2D eigenvalue weighted by Gasteiger charge is -2.15. The molecular formula is C21H23ClN2O3. The van der Waals surface area contributed by atoms with Crippen molar-refractivity contribution >= 4 is 23.8 Å². The van der Waals surface area contributed by atoms with E-state index in [1.165, 1.54) is 0 Å². The van der Waals surface area contributed by atoms with Gasteiger partial charge in [-0.1, -0.05) is 24.3 Å². The van der Waals surface area contributed by atoms with Gasteiger partial charge in [0.05, 0.1) is 18.4 Å². The lowest BCUT2D eigenvalue weighted by atomic mass is 9.93. The van der Waals surface area contributed by atoms with Crippen LogP contribution < -0.4 is 4.74 Å². The maximum Gasteiger partial charge on any atom is 0.182 e. The number of hydrogen-bond donors (Lipinski definition) is 1. The molecule has 2 atom stereocenters. The van der Waals surface area contributed by atoms with E-state index >= 15 is 0 Å². The Morgan fingerprint density at radius 2 is 2.07 bits per heavy atom. The third-order valence-electron chi connectivity index (χ3n) is 5.11. The smallest absolute Gasteiger partial charge is 0.182 e. The molecule has 5 nitrogen and oxygen atoms in total.